The van der Waals surface area contributed by atoms with Gasteiger partial charge in [-0.25, -0.2) is 0 Å². The van der Waals surface area contributed by atoms with Gasteiger partial charge >= 0.3 is 41.3 Å². The van der Waals surface area contributed by atoms with E-state index in [0.29, 0.717) is 0 Å². The average Bonchev–Trinajstić information content (AvgIpc) is 0.811. The number of hydrogen-bond acceptors (Lipinski definition) is 3. The van der Waals surface area contributed by atoms with Gasteiger partial charge in [0.1, 0.15) is 0 Å². The first kappa shape index (κ1) is 145. The molecule has 12 heavy (non-hydrogen) atoms. The van der Waals surface area contributed by atoms with Crippen molar-refractivity contribution in [1.82, 2.24) is 0 Å². The van der Waals surface area contributed by atoms with Gasteiger partial charge in [-0.3, -0.25) is 0 Å². The smallest absolute Gasteiger partial charge is 0.412 e. The van der Waals surface area contributed by atoms with Crippen molar-refractivity contribution >= 4 is 0 Å². The van der Waals surface area contributed by atoms with Crippen molar-refractivity contribution in [3.05, 3.63) is 15.3 Å². The predicted molar refractivity (Wildman–Crippen MR) is 35.7 cm³/mol. The molecule has 0 aliphatic rings. The van der Waals surface area contributed by atoms with Gasteiger partial charge in [-0.1, -0.05) is 0 Å². The molecule has 0 aromatic heterocycles. The summed E-state index contributed by atoms with van der Waals surface area (Å²) in [5.74, 6) is 0. The molecule has 0 saturated heterocycles. The molecule has 0 heterocycles. The van der Waals surface area contributed by atoms with Crippen molar-refractivity contribution in [3.63, 3.8) is 0 Å². The first-order valence-corrected chi connectivity index (χ1v) is 0.548. The Bertz CT molecular complexity index is 32.8. The third-order valence-corrected chi connectivity index (χ3v) is 0. The van der Waals surface area contributed by atoms with E-state index in [-0.39, 0.29) is 79.6 Å². The quantitative estimate of drug-likeness (QED) is 0.309. The second-order valence-corrected chi connectivity index (χ2v) is 0.224. The molecule has 0 rings (SSSR count). The Morgan fingerprint density at radius 2 is 0.667 bits per heavy atom. The van der Waals surface area contributed by atoms with Crippen LogP contribution in [0.25, 0.3) is 0 Å². The summed E-state index contributed by atoms with van der Waals surface area (Å²) in [6.07, 6.45) is 0. The third kappa shape index (κ3) is 11000. The molecule has 0 bridgehead atoms. The molecule has 0 aliphatic carbocycles. The molecule has 80 valence electrons. The van der Waals surface area contributed by atoms with E-state index in [1.54, 1.807) is 0 Å². The van der Waals surface area contributed by atoms with Gasteiger partial charge in [0, 0.05) is 0 Å². The summed E-state index contributed by atoms with van der Waals surface area (Å²) in [5.41, 5.74) is 0. The molecule has 0 atom stereocenters. The van der Waals surface area contributed by atoms with Crippen LogP contribution in [0.1, 0.15) is 0 Å². The van der Waals surface area contributed by atoms with Gasteiger partial charge < -0.3 is 53.7 Å². The molecule has 0 aromatic rings. The third-order valence-electron chi connectivity index (χ3n) is 0. The molecular weight excluding hydrogens is 315 g/mol. The summed E-state index contributed by atoms with van der Waals surface area (Å²) >= 11 is 0. The number of hydrogen-bond donors (Lipinski definition) is 0. The van der Waals surface area contributed by atoms with E-state index < -0.39 is 5.09 Å². The van der Waals surface area contributed by atoms with Crippen molar-refractivity contribution in [2.45, 2.75) is 0 Å². The molecule has 11 nitrogen and oxygen atoms in total. The van der Waals surface area contributed by atoms with Crippen LogP contribution in [0.3, 0.4) is 0 Å². The zero-order valence-electron chi connectivity index (χ0n) is 5.75. The molecule has 0 saturated carbocycles. The fourth-order valence-corrected chi connectivity index (χ4v) is 0. The second-order valence-electron chi connectivity index (χ2n) is 0.224. The van der Waals surface area contributed by atoms with Gasteiger partial charge in [-0.2, -0.15) is 0 Å². The van der Waals surface area contributed by atoms with Crippen LogP contribution in [0.4, 0.5) is 0 Å². The van der Waals surface area contributed by atoms with Crippen LogP contribution in [0, 0.1) is 56.6 Å². The maximum atomic E-state index is 8.25. The second kappa shape index (κ2) is 111. The summed E-state index contributed by atoms with van der Waals surface area (Å²) in [7, 11) is 0. The zero-order chi connectivity index (χ0) is 3.58. The number of rotatable bonds is 0. The Balaban J connectivity index is -0.00000000161. The summed E-state index contributed by atoms with van der Waals surface area (Å²) in [6.45, 7) is 0. The van der Waals surface area contributed by atoms with Crippen molar-refractivity contribution in [2.75, 3.05) is 0 Å². The van der Waals surface area contributed by atoms with E-state index in [4.69, 9.17) is 15.3 Å². The van der Waals surface area contributed by atoms with Crippen molar-refractivity contribution in [2.24, 2.45) is 0 Å². The van der Waals surface area contributed by atoms with E-state index in [9.17, 15) is 0 Å². The van der Waals surface area contributed by atoms with Gasteiger partial charge in [0.05, 0.1) is 5.09 Å². The van der Waals surface area contributed by atoms with Crippen molar-refractivity contribution in [1.29, 1.82) is 0 Å². The van der Waals surface area contributed by atoms with Crippen molar-refractivity contribution in [3.8, 4) is 0 Å². The minimum atomic E-state index is -1.75. The van der Waals surface area contributed by atoms with E-state index >= 15 is 0 Å². The average molecular weight is 329 g/mol. The Morgan fingerprint density at radius 1 is 0.667 bits per heavy atom. The Labute approximate surface area is 99.6 Å². The SMILES string of the molecule is O.O.O.O.O.O.O.O=[N+]([O-])[O-].[Pr+3]. The molecule has 0 fully saturated rings. The van der Waals surface area contributed by atoms with Gasteiger partial charge in [0.25, 0.3) is 0 Å². The summed E-state index contributed by atoms with van der Waals surface area (Å²) < 4.78 is 0. The molecule has 0 radical (unpaired) electrons. The van der Waals surface area contributed by atoms with Crippen LogP contribution in [0.5, 0.6) is 0 Å². The van der Waals surface area contributed by atoms with Crippen LogP contribution in [-0.2, 0) is 0 Å². The fourth-order valence-electron chi connectivity index (χ4n) is 0. The Morgan fingerprint density at radius 3 is 0.667 bits per heavy atom. The van der Waals surface area contributed by atoms with E-state index in [1.807, 2.05) is 0 Å². The summed E-state index contributed by atoms with van der Waals surface area (Å²) in [5, 5.41) is 14.8. The minimum Gasteiger partial charge on any atom is -0.412 e. The Hall–Kier alpha value is 0.284. The first-order valence-electron chi connectivity index (χ1n) is 0.548. The van der Waals surface area contributed by atoms with E-state index in [0.717, 1.165) is 0 Å². The van der Waals surface area contributed by atoms with Crippen LogP contribution in [0.15, 0.2) is 0 Å². The van der Waals surface area contributed by atoms with Gasteiger partial charge in [0.15, 0.2) is 0 Å². The van der Waals surface area contributed by atoms with E-state index in [2.05, 4.69) is 0 Å². The van der Waals surface area contributed by atoms with Gasteiger partial charge in [0.2, 0.25) is 0 Å². The fraction of sp³-hybridized carbons (Fsp3) is 0. The van der Waals surface area contributed by atoms with Gasteiger partial charge in [-0.05, 0) is 0 Å². The summed E-state index contributed by atoms with van der Waals surface area (Å²) in [4.78, 5) is 8.25. The molecule has 0 spiro atoms. The molecule has 0 aromatic carbocycles. The van der Waals surface area contributed by atoms with Crippen LogP contribution < -0.4 is 0 Å². The van der Waals surface area contributed by atoms with Crippen LogP contribution in [0.2, 0.25) is 0 Å². The predicted octanol–water partition coefficient (Wildman–Crippen LogP) is -6.01. The van der Waals surface area contributed by atoms with Gasteiger partial charge in [-0.15, -0.1) is 0 Å². The molecule has 14 N–H and O–H groups in total. The van der Waals surface area contributed by atoms with Crippen molar-refractivity contribution < 1.29 is 84.7 Å². The molecule has 12 heteroatoms. The monoisotopic (exact) mass is 329 g/mol. The maximum absolute atomic E-state index is 8.25. The number of nitrogens with zero attached hydrogens (tertiary/aromatic N) is 1. The normalized spacial score (nSPS) is 2.00. The van der Waals surface area contributed by atoms with E-state index in [1.165, 1.54) is 0 Å². The molecule has 0 amide bonds. The topological polar surface area (TPSA) is 287 Å². The minimum absolute atomic E-state index is 0. The maximum Gasteiger partial charge on any atom is 3.00 e. The molecular formula is H14NO10Pr+2. The molecule has 0 aliphatic heterocycles. The largest absolute Gasteiger partial charge is 3.00 e. The van der Waals surface area contributed by atoms with Crippen LogP contribution in [-0.4, -0.2) is 43.4 Å². The summed E-state index contributed by atoms with van der Waals surface area (Å²) in [6, 6.07) is 0. The zero-order valence-corrected chi connectivity index (χ0v) is 9.45. The molecule has 0 unspecified atom stereocenters. The standard InChI is InChI=1S/NO3.7H2O.Pr/c2-1(3)4;;;;;;;;/h;7*1H2;/q-1;;;;;;;;+3. The first-order chi connectivity index (χ1) is 1.73. The Kier molecular flexibility index (Phi) is 1340. The van der Waals surface area contributed by atoms with Crippen LogP contribution >= 0.6 is 0 Å².